The van der Waals surface area contributed by atoms with Gasteiger partial charge in [0.15, 0.2) is 0 Å². The topological polar surface area (TPSA) is 76.1 Å². The molecule has 0 bridgehead atoms. The van der Waals surface area contributed by atoms with Gasteiger partial charge in [-0.3, -0.25) is 4.79 Å². The average Bonchev–Trinajstić information content (AvgIpc) is 2.38. The summed E-state index contributed by atoms with van der Waals surface area (Å²) in [5, 5.41) is 8.83. The molecule has 0 amide bonds. The molecule has 0 aliphatic carbocycles. The van der Waals surface area contributed by atoms with Gasteiger partial charge in [0.2, 0.25) is 0 Å². The van der Waals surface area contributed by atoms with Crippen LogP contribution >= 0.6 is 0 Å². The van der Waals surface area contributed by atoms with Gasteiger partial charge < -0.3 is 10.5 Å². The van der Waals surface area contributed by atoms with E-state index in [1.807, 2.05) is 0 Å². The molecule has 0 unspecified atom stereocenters. The predicted octanol–water partition coefficient (Wildman–Crippen LogP) is 2.06. The van der Waals surface area contributed by atoms with Gasteiger partial charge in [-0.2, -0.15) is 5.26 Å². The molecule has 102 valence electrons. The van der Waals surface area contributed by atoms with Gasteiger partial charge in [-0.1, -0.05) is 0 Å². The van der Waals surface area contributed by atoms with Gasteiger partial charge in [0.1, 0.15) is 0 Å². The molecule has 1 aromatic carbocycles. The lowest BCUT2D eigenvalue weighted by Crippen LogP contribution is -2.12. The summed E-state index contributed by atoms with van der Waals surface area (Å²) in [4.78, 5) is 11.4. The smallest absolute Gasteiger partial charge is 0.310 e. The van der Waals surface area contributed by atoms with Crippen LogP contribution < -0.4 is 5.73 Å². The molecule has 0 spiro atoms. The Bertz CT molecular complexity index is 510. The van der Waals surface area contributed by atoms with Gasteiger partial charge in [0.05, 0.1) is 24.7 Å². The molecular formula is C13H14F2N2O2. The van der Waals surface area contributed by atoms with E-state index in [-0.39, 0.29) is 30.7 Å². The number of carbonyl (C=O) groups excluding carboxylic acids is 1. The fourth-order valence-electron chi connectivity index (χ4n) is 1.71. The van der Waals surface area contributed by atoms with Gasteiger partial charge in [0.25, 0.3) is 6.43 Å². The Morgan fingerprint density at radius 2 is 2.16 bits per heavy atom. The van der Waals surface area contributed by atoms with E-state index in [2.05, 4.69) is 0 Å². The molecule has 0 saturated heterocycles. The van der Waals surface area contributed by atoms with E-state index in [0.717, 1.165) is 6.07 Å². The van der Waals surface area contributed by atoms with E-state index in [1.54, 1.807) is 13.0 Å². The third-order valence-corrected chi connectivity index (χ3v) is 2.59. The molecule has 6 heteroatoms. The summed E-state index contributed by atoms with van der Waals surface area (Å²) in [7, 11) is 0. The van der Waals surface area contributed by atoms with Gasteiger partial charge in [-0.15, -0.1) is 0 Å². The van der Waals surface area contributed by atoms with Crippen molar-refractivity contribution in [2.24, 2.45) is 5.73 Å². The number of nitrogens with two attached hydrogens (primary N) is 1. The van der Waals surface area contributed by atoms with Crippen LogP contribution in [0.25, 0.3) is 0 Å². The predicted molar refractivity (Wildman–Crippen MR) is 64.3 cm³/mol. The second-order valence-corrected chi connectivity index (χ2v) is 3.81. The molecule has 19 heavy (non-hydrogen) atoms. The Labute approximate surface area is 109 Å². The lowest BCUT2D eigenvalue weighted by molar-refractivity contribution is -0.142. The number of nitrogens with zero attached hydrogens (tertiary/aromatic N) is 1. The summed E-state index contributed by atoms with van der Waals surface area (Å²) in [6.45, 7) is 1.94. The van der Waals surface area contributed by atoms with Crippen molar-refractivity contribution >= 4 is 5.97 Å². The molecule has 0 heterocycles. The monoisotopic (exact) mass is 268 g/mol. The summed E-state index contributed by atoms with van der Waals surface area (Å²) in [6.07, 6.45) is -2.91. The van der Waals surface area contributed by atoms with Crippen molar-refractivity contribution in [3.8, 4) is 6.07 Å². The number of esters is 1. The number of ether oxygens (including phenoxy) is 1. The number of nitriles is 1. The number of halogens is 2. The quantitative estimate of drug-likeness (QED) is 0.829. The first-order valence-electron chi connectivity index (χ1n) is 5.73. The molecule has 4 nitrogen and oxygen atoms in total. The molecule has 0 aliphatic rings. The first-order chi connectivity index (χ1) is 9.03. The van der Waals surface area contributed by atoms with Crippen molar-refractivity contribution < 1.29 is 18.3 Å². The van der Waals surface area contributed by atoms with Crippen molar-refractivity contribution in [2.75, 3.05) is 6.61 Å². The van der Waals surface area contributed by atoms with E-state index in [9.17, 15) is 13.6 Å². The maximum absolute atomic E-state index is 12.8. The highest BCUT2D eigenvalue weighted by molar-refractivity contribution is 5.73. The highest BCUT2D eigenvalue weighted by atomic mass is 19.3. The Morgan fingerprint density at radius 3 is 2.63 bits per heavy atom. The SMILES string of the molecule is CCOC(=O)Cc1cc(C(F)F)c(C#N)cc1CN. The Balaban J connectivity index is 3.19. The lowest BCUT2D eigenvalue weighted by atomic mass is 9.97. The Kier molecular flexibility index (Phi) is 5.39. The van der Waals surface area contributed by atoms with Crippen LogP contribution in [0.4, 0.5) is 8.78 Å². The van der Waals surface area contributed by atoms with E-state index < -0.39 is 12.4 Å². The fraction of sp³-hybridized carbons (Fsp3) is 0.385. The lowest BCUT2D eigenvalue weighted by Gasteiger charge is -2.11. The van der Waals surface area contributed by atoms with Crippen LogP contribution in [0.3, 0.4) is 0 Å². The summed E-state index contributed by atoms with van der Waals surface area (Å²) in [5.41, 5.74) is 5.85. The fourth-order valence-corrected chi connectivity index (χ4v) is 1.71. The van der Waals surface area contributed by atoms with E-state index >= 15 is 0 Å². The minimum Gasteiger partial charge on any atom is -0.466 e. The number of hydrogen-bond donors (Lipinski definition) is 1. The average molecular weight is 268 g/mol. The number of hydrogen-bond acceptors (Lipinski definition) is 4. The van der Waals surface area contributed by atoms with Crippen molar-refractivity contribution in [2.45, 2.75) is 26.3 Å². The third kappa shape index (κ3) is 3.73. The minimum absolute atomic E-state index is 0.0624. The molecule has 1 aromatic rings. The standard InChI is InChI=1S/C13H14F2N2O2/c1-2-19-12(18)5-8-4-11(13(14)15)10(7-17)3-9(8)6-16/h3-4,13H,2,5-6,16H2,1H3. The first-order valence-corrected chi connectivity index (χ1v) is 5.73. The zero-order chi connectivity index (χ0) is 14.4. The van der Waals surface area contributed by atoms with Crippen molar-refractivity contribution in [3.63, 3.8) is 0 Å². The van der Waals surface area contributed by atoms with Gasteiger partial charge in [-0.05, 0) is 30.2 Å². The van der Waals surface area contributed by atoms with Crippen LogP contribution in [0.1, 0.15) is 35.6 Å². The van der Waals surface area contributed by atoms with Crippen molar-refractivity contribution in [1.82, 2.24) is 0 Å². The maximum atomic E-state index is 12.8. The van der Waals surface area contributed by atoms with Crippen LogP contribution in [0.5, 0.6) is 0 Å². The highest BCUT2D eigenvalue weighted by Gasteiger charge is 2.18. The second kappa shape index (κ2) is 6.81. The zero-order valence-electron chi connectivity index (χ0n) is 10.5. The number of rotatable bonds is 5. The summed E-state index contributed by atoms with van der Waals surface area (Å²) in [5.74, 6) is -0.512. The Morgan fingerprint density at radius 1 is 1.47 bits per heavy atom. The molecule has 0 aliphatic heterocycles. The minimum atomic E-state index is -2.78. The van der Waals surface area contributed by atoms with E-state index in [4.69, 9.17) is 15.7 Å². The van der Waals surface area contributed by atoms with Crippen molar-refractivity contribution in [3.05, 3.63) is 34.4 Å². The normalized spacial score (nSPS) is 10.3. The summed E-state index contributed by atoms with van der Waals surface area (Å²) < 4.78 is 30.4. The van der Waals surface area contributed by atoms with E-state index in [0.29, 0.717) is 11.1 Å². The molecular weight excluding hydrogens is 254 g/mol. The molecule has 0 radical (unpaired) electrons. The zero-order valence-corrected chi connectivity index (χ0v) is 10.5. The molecule has 1 rings (SSSR count). The first kappa shape index (κ1) is 15.1. The largest absolute Gasteiger partial charge is 0.466 e. The van der Waals surface area contributed by atoms with Gasteiger partial charge in [0, 0.05) is 12.1 Å². The van der Waals surface area contributed by atoms with Gasteiger partial charge in [-0.25, -0.2) is 8.78 Å². The molecule has 2 N–H and O–H groups in total. The van der Waals surface area contributed by atoms with Crippen LogP contribution in [-0.4, -0.2) is 12.6 Å². The maximum Gasteiger partial charge on any atom is 0.310 e. The molecule has 0 saturated carbocycles. The Hall–Kier alpha value is -2.00. The van der Waals surface area contributed by atoms with Crippen LogP contribution in [-0.2, 0) is 22.5 Å². The molecule has 0 fully saturated rings. The molecule has 0 aromatic heterocycles. The highest BCUT2D eigenvalue weighted by Crippen LogP contribution is 2.26. The number of benzene rings is 1. The summed E-state index contributed by atoms with van der Waals surface area (Å²) >= 11 is 0. The van der Waals surface area contributed by atoms with Crippen LogP contribution in [0, 0.1) is 11.3 Å². The second-order valence-electron chi connectivity index (χ2n) is 3.81. The summed E-state index contributed by atoms with van der Waals surface area (Å²) in [6, 6.07) is 4.16. The van der Waals surface area contributed by atoms with E-state index in [1.165, 1.54) is 6.07 Å². The van der Waals surface area contributed by atoms with Crippen molar-refractivity contribution in [1.29, 1.82) is 5.26 Å². The van der Waals surface area contributed by atoms with Crippen LogP contribution in [0.15, 0.2) is 12.1 Å². The molecule has 0 atom stereocenters. The number of carbonyl (C=O) groups is 1. The number of alkyl halides is 2. The van der Waals surface area contributed by atoms with Crippen LogP contribution in [0.2, 0.25) is 0 Å². The van der Waals surface area contributed by atoms with Gasteiger partial charge >= 0.3 is 5.97 Å². The third-order valence-electron chi connectivity index (χ3n) is 2.59.